The minimum absolute atomic E-state index is 0.0908. The molecule has 5 nitrogen and oxygen atoms in total. The third kappa shape index (κ3) is 2.75. The highest BCUT2D eigenvalue weighted by molar-refractivity contribution is 5.95. The Morgan fingerprint density at radius 3 is 2.46 bits per heavy atom. The zero-order chi connectivity index (χ0) is 17.4. The molecule has 0 aromatic heterocycles. The van der Waals surface area contributed by atoms with Crippen LogP contribution >= 0.6 is 0 Å². The van der Waals surface area contributed by atoms with Crippen molar-refractivity contribution in [3.8, 4) is 0 Å². The molecule has 0 bridgehead atoms. The van der Waals surface area contributed by atoms with Gasteiger partial charge >= 0.3 is 6.09 Å². The number of rotatable bonds is 1. The number of carbonyl (C=O) groups excluding carboxylic acids is 2. The summed E-state index contributed by atoms with van der Waals surface area (Å²) in [5.74, 6) is -4.49. The van der Waals surface area contributed by atoms with Gasteiger partial charge in [0.1, 0.15) is 0 Å². The molecule has 2 aliphatic rings. The van der Waals surface area contributed by atoms with Gasteiger partial charge in [-0.15, -0.1) is 0 Å². The lowest BCUT2D eigenvalue weighted by Crippen LogP contribution is -2.61. The fourth-order valence-electron chi connectivity index (χ4n) is 3.48. The molecule has 0 aliphatic carbocycles. The van der Waals surface area contributed by atoms with Gasteiger partial charge in [-0.2, -0.15) is 0 Å². The van der Waals surface area contributed by atoms with Gasteiger partial charge in [0.25, 0.3) is 0 Å². The van der Waals surface area contributed by atoms with E-state index in [2.05, 4.69) is 4.74 Å². The predicted molar refractivity (Wildman–Crippen MR) is 77.5 cm³/mol. The number of methoxy groups -OCH3 is 1. The third-order valence-corrected chi connectivity index (χ3v) is 4.64. The van der Waals surface area contributed by atoms with E-state index < -0.39 is 35.6 Å². The van der Waals surface area contributed by atoms with Gasteiger partial charge in [-0.3, -0.25) is 9.69 Å². The fourth-order valence-corrected chi connectivity index (χ4v) is 3.48. The number of hydrogen-bond acceptors (Lipinski definition) is 4. The summed E-state index contributed by atoms with van der Waals surface area (Å²) in [6.07, 6.45) is 1.40. The summed E-state index contributed by atoms with van der Waals surface area (Å²) in [4.78, 5) is 27.2. The topological polar surface area (TPSA) is 49.9 Å². The average molecular weight is 342 g/mol. The van der Waals surface area contributed by atoms with Crippen molar-refractivity contribution < 1.29 is 27.5 Å². The van der Waals surface area contributed by atoms with Crippen molar-refractivity contribution in [2.75, 3.05) is 20.2 Å². The van der Waals surface area contributed by atoms with Gasteiger partial charge in [-0.25, -0.2) is 22.9 Å². The van der Waals surface area contributed by atoms with E-state index in [1.807, 2.05) is 4.90 Å². The fraction of sp³-hybridized carbons (Fsp3) is 0.500. The number of piperazine rings is 1. The summed E-state index contributed by atoms with van der Waals surface area (Å²) in [5.41, 5.74) is 0.194. The van der Waals surface area contributed by atoms with Crippen molar-refractivity contribution in [1.82, 2.24) is 9.80 Å². The standard InChI is InChI=1S/C16H17F3N2O3/c1-24-16(23)21-8-13(9-6-10(17)14(19)11(18)7-9)20-5-3-2-4-12(20)15(21)22/h6-7,12-13H,2-5,8H2,1H3. The normalized spacial score (nSPS) is 24.7. The smallest absolute Gasteiger partial charge is 0.416 e. The number of piperidine rings is 1. The van der Waals surface area contributed by atoms with E-state index in [0.29, 0.717) is 13.0 Å². The summed E-state index contributed by atoms with van der Waals surface area (Å²) >= 11 is 0. The first-order valence-corrected chi connectivity index (χ1v) is 7.73. The number of imide groups is 1. The van der Waals surface area contributed by atoms with Gasteiger partial charge in [0.05, 0.1) is 25.7 Å². The lowest BCUT2D eigenvalue weighted by Gasteiger charge is -2.47. The minimum Gasteiger partial charge on any atom is -0.452 e. The quantitative estimate of drug-likeness (QED) is 0.736. The van der Waals surface area contributed by atoms with Crippen LogP contribution in [-0.4, -0.2) is 48.0 Å². The molecule has 8 heteroatoms. The summed E-state index contributed by atoms with van der Waals surface area (Å²) < 4.78 is 45.1. The number of carbonyl (C=O) groups is 2. The Kier molecular flexibility index (Phi) is 4.49. The van der Waals surface area contributed by atoms with Crippen molar-refractivity contribution in [2.24, 2.45) is 0 Å². The Morgan fingerprint density at radius 2 is 1.83 bits per heavy atom. The maximum atomic E-state index is 13.6. The second-order valence-corrected chi connectivity index (χ2v) is 5.98. The van der Waals surface area contributed by atoms with Crippen LogP contribution in [-0.2, 0) is 9.53 Å². The molecule has 2 fully saturated rings. The van der Waals surface area contributed by atoms with E-state index >= 15 is 0 Å². The molecule has 2 saturated heterocycles. The molecule has 1 aromatic carbocycles. The number of fused-ring (bicyclic) bond motifs is 1. The largest absolute Gasteiger partial charge is 0.452 e. The van der Waals surface area contributed by atoms with Crippen molar-refractivity contribution in [1.29, 1.82) is 0 Å². The number of hydrogen-bond donors (Lipinski definition) is 0. The number of ether oxygens (including phenoxy) is 1. The number of benzene rings is 1. The van der Waals surface area contributed by atoms with Gasteiger partial charge < -0.3 is 4.74 Å². The summed E-state index contributed by atoms with van der Waals surface area (Å²) in [7, 11) is 1.16. The van der Waals surface area contributed by atoms with Gasteiger partial charge in [0.2, 0.25) is 5.91 Å². The third-order valence-electron chi connectivity index (χ3n) is 4.64. The van der Waals surface area contributed by atoms with Crippen LogP contribution in [0.4, 0.5) is 18.0 Å². The Hall–Kier alpha value is -2.09. The SMILES string of the molecule is COC(=O)N1CC(c2cc(F)c(F)c(F)c2)N2CCCCC2C1=O. The number of halogens is 3. The number of nitrogens with zero attached hydrogens (tertiary/aromatic N) is 2. The monoisotopic (exact) mass is 342 g/mol. The zero-order valence-electron chi connectivity index (χ0n) is 13.1. The van der Waals surface area contributed by atoms with Crippen LogP contribution in [0.2, 0.25) is 0 Å². The van der Waals surface area contributed by atoms with Gasteiger partial charge in [-0.1, -0.05) is 6.42 Å². The Bertz CT molecular complexity index is 660. The van der Waals surface area contributed by atoms with Gasteiger partial charge in [0, 0.05) is 0 Å². The van der Waals surface area contributed by atoms with E-state index in [0.717, 1.165) is 37.0 Å². The van der Waals surface area contributed by atoms with Gasteiger partial charge in [-0.05, 0) is 37.1 Å². The van der Waals surface area contributed by atoms with Crippen LogP contribution in [0.1, 0.15) is 30.9 Å². The molecule has 1 aromatic rings. The van der Waals surface area contributed by atoms with Crippen LogP contribution in [0.5, 0.6) is 0 Å². The highest BCUT2D eigenvalue weighted by Crippen LogP contribution is 2.35. The highest BCUT2D eigenvalue weighted by atomic mass is 19.2. The Labute approximate surface area is 137 Å². The minimum atomic E-state index is -1.54. The van der Waals surface area contributed by atoms with Crippen LogP contribution in [0.3, 0.4) is 0 Å². The lowest BCUT2D eigenvalue weighted by molar-refractivity contribution is -0.144. The molecule has 0 radical (unpaired) electrons. The van der Waals surface area contributed by atoms with Crippen molar-refractivity contribution in [3.63, 3.8) is 0 Å². The maximum absolute atomic E-state index is 13.6. The second-order valence-electron chi connectivity index (χ2n) is 5.98. The molecule has 0 N–H and O–H groups in total. The van der Waals surface area contributed by atoms with Crippen LogP contribution in [0, 0.1) is 17.5 Å². The Balaban J connectivity index is 2.01. The van der Waals surface area contributed by atoms with E-state index in [9.17, 15) is 22.8 Å². The first kappa shape index (κ1) is 16.8. The molecule has 2 atom stereocenters. The molecule has 2 heterocycles. The molecule has 2 amide bonds. The van der Waals surface area contributed by atoms with E-state index in [1.54, 1.807) is 0 Å². The predicted octanol–water partition coefficient (Wildman–Crippen LogP) is 2.61. The van der Waals surface area contributed by atoms with Crippen LogP contribution in [0.25, 0.3) is 0 Å². The summed E-state index contributed by atoms with van der Waals surface area (Å²) in [5, 5.41) is 0. The van der Waals surface area contributed by atoms with E-state index in [1.165, 1.54) is 0 Å². The lowest BCUT2D eigenvalue weighted by atomic mass is 9.92. The van der Waals surface area contributed by atoms with Crippen molar-refractivity contribution in [3.05, 3.63) is 35.1 Å². The first-order chi connectivity index (χ1) is 11.4. The second kappa shape index (κ2) is 6.43. The molecular formula is C16H17F3N2O3. The van der Waals surface area contributed by atoms with E-state index in [-0.39, 0.29) is 18.0 Å². The van der Waals surface area contributed by atoms with Gasteiger partial charge in [0.15, 0.2) is 17.5 Å². The molecule has 130 valence electrons. The molecule has 24 heavy (non-hydrogen) atoms. The van der Waals surface area contributed by atoms with Crippen molar-refractivity contribution in [2.45, 2.75) is 31.3 Å². The average Bonchev–Trinajstić information content (AvgIpc) is 2.59. The molecular weight excluding hydrogens is 325 g/mol. The van der Waals surface area contributed by atoms with Crippen LogP contribution < -0.4 is 0 Å². The van der Waals surface area contributed by atoms with Crippen LogP contribution in [0.15, 0.2) is 12.1 Å². The summed E-state index contributed by atoms with van der Waals surface area (Å²) in [6.45, 7) is 0.475. The molecule has 0 spiro atoms. The molecule has 0 saturated carbocycles. The summed E-state index contributed by atoms with van der Waals surface area (Å²) in [6, 6.07) is 0.685. The Morgan fingerprint density at radius 1 is 1.17 bits per heavy atom. The van der Waals surface area contributed by atoms with Crippen molar-refractivity contribution >= 4 is 12.0 Å². The van der Waals surface area contributed by atoms with E-state index in [4.69, 9.17) is 0 Å². The molecule has 2 unspecified atom stereocenters. The first-order valence-electron chi connectivity index (χ1n) is 7.73. The zero-order valence-corrected chi connectivity index (χ0v) is 13.1. The molecule has 3 rings (SSSR count). The number of amides is 2. The highest BCUT2D eigenvalue weighted by Gasteiger charge is 2.45. The maximum Gasteiger partial charge on any atom is 0.416 e. The molecule has 2 aliphatic heterocycles.